The minimum atomic E-state index is -0.677. The largest absolute Gasteiger partial charge is 0.490 e. The van der Waals surface area contributed by atoms with Crippen LogP contribution in [0.1, 0.15) is 29.8 Å². The zero-order valence-corrected chi connectivity index (χ0v) is 16.8. The van der Waals surface area contributed by atoms with E-state index in [4.69, 9.17) is 9.47 Å². The van der Waals surface area contributed by atoms with Crippen LogP contribution in [0.5, 0.6) is 11.5 Å². The van der Waals surface area contributed by atoms with E-state index in [9.17, 15) is 14.0 Å². The first kappa shape index (κ1) is 21.9. The highest BCUT2D eigenvalue weighted by atomic mass is 19.1. The molecule has 7 nitrogen and oxygen atoms in total. The van der Waals surface area contributed by atoms with E-state index in [2.05, 4.69) is 10.5 Å². The molecule has 0 heterocycles. The lowest BCUT2D eigenvalue weighted by atomic mass is 10.2. The molecule has 1 atom stereocenters. The van der Waals surface area contributed by atoms with Crippen molar-refractivity contribution in [2.75, 3.05) is 20.7 Å². The zero-order chi connectivity index (χ0) is 21.4. The number of carbonyl (C=O) groups excluding carboxylic acids is 2. The van der Waals surface area contributed by atoms with Gasteiger partial charge in [-0.15, -0.1) is 0 Å². The van der Waals surface area contributed by atoms with Crippen LogP contribution < -0.4 is 14.9 Å². The molecule has 0 radical (unpaired) electrons. The average molecular weight is 401 g/mol. The average Bonchev–Trinajstić information content (AvgIpc) is 2.69. The molecule has 2 aromatic rings. The fourth-order valence-corrected chi connectivity index (χ4v) is 2.45. The summed E-state index contributed by atoms with van der Waals surface area (Å²) in [5.41, 5.74) is 2.81. The zero-order valence-electron chi connectivity index (χ0n) is 16.8. The topological polar surface area (TPSA) is 80.2 Å². The van der Waals surface area contributed by atoms with Gasteiger partial charge in [0.25, 0.3) is 11.8 Å². The molecule has 0 aliphatic carbocycles. The smallest absolute Gasteiger partial charge is 0.274 e. The summed E-state index contributed by atoms with van der Waals surface area (Å²) in [6, 6.07) is 10.7. The summed E-state index contributed by atoms with van der Waals surface area (Å²) in [6.07, 6.45) is 0.725. The molecule has 0 aliphatic heterocycles. The van der Waals surface area contributed by atoms with Crippen molar-refractivity contribution < 1.29 is 23.5 Å². The Bertz CT molecular complexity index is 899. The Kier molecular flexibility index (Phi) is 7.70. The summed E-state index contributed by atoms with van der Waals surface area (Å²) in [6.45, 7) is 3.89. The third kappa shape index (κ3) is 6.03. The van der Waals surface area contributed by atoms with E-state index in [1.165, 1.54) is 29.3 Å². The molecule has 0 fully saturated rings. The third-order valence-electron chi connectivity index (χ3n) is 3.86. The molecule has 154 valence electrons. The van der Waals surface area contributed by atoms with E-state index in [0.29, 0.717) is 23.7 Å². The summed E-state index contributed by atoms with van der Waals surface area (Å²) < 4.78 is 24.9. The van der Waals surface area contributed by atoms with Gasteiger partial charge < -0.3 is 14.4 Å². The Morgan fingerprint density at radius 2 is 1.93 bits per heavy atom. The van der Waals surface area contributed by atoms with Gasteiger partial charge in [-0.3, -0.25) is 9.59 Å². The van der Waals surface area contributed by atoms with E-state index < -0.39 is 17.8 Å². The molecule has 8 heteroatoms. The number of hydrogen-bond acceptors (Lipinski definition) is 5. The molecule has 2 amide bonds. The van der Waals surface area contributed by atoms with E-state index in [1.54, 1.807) is 45.3 Å². The molecule has 2 rings (SSSR count). The maximum absolute atomic E-state index is 13.6. The second kappa shape index (κ2) is 10.2. The number of halogens is 1. The number of hydrogen-bond donors (Lipinski definition) is 1. The number of nitrogens with one attached hydrogen (secondary N) is 1. The highest BCUT2D eigenvalue weighted by Gasteiger charge is 2.18. The van der Waals surface area contributed by atoms with Crippen LogP contribution in [0.4, 0.5) is 4.39 Å². The molecule has 0 aromatic heterocycles. The van der Waals surface area contributed by atoms with Gasteiger partial charge in [-0.2, -0.15) is 5.10 Å². The molecule has 0 saturated carbocycles. The van der Waals surface area contributed by atoms with E-state index in [-0.39, 0.29) is 11.5 Å². The number of benzene rings is 2. The molecular formula is C21H24FN3O4. The van der Waals surface area contributed by atoms with Gasteiger partial charge >= 0.3 is 0 Å². The number of hydrazone groups is 1. The van der Waals surface area contributed by atoms with Gasteiger partial charge in [-0.25, -0.2) is 9.82 Å². The summed E-state index contributed by atoms with van der Waals surface area (Å²) in [7, 11) is 3.31. The number of ether oxygens (including phenoxy) is 2. The maximum Gasteiger partial charge on any atom is 0.274 e. The van der Waals surface area contributed by atoms with Crippen molar-refractivity contribution in [1.82, 2.24) is 10.3 Å². The number of rotatable bonds is 8. The normalized spacial score (nSPS) is 11.8. The Morgan fingerprint density at radius 1 is 1.21 bits per heavy atom. The van der Waals surface area contributed by atoms with Crippen molar-refractivity contribution in [3.8, 4) is 11.5 Å². The summed E-state index contributed by atoms with van der Waals surface area (Å²) in [4.78, 5) is 25.4. The van der Waals surface area contributed by atoms with Crippen LogP contribution in [-0.2, 0) is 4.79 Å². The first-order valence-electron chi connectivity index (χ1n) is 9.06. The molecule has 0 spiro atoms. The van der Waals surface area contributed by atoms with Crippen molar-refractivity contribution in [2.24, 2.45) is 5.10 Å². The fraction of sp³-hybridized carbons (Fsp3) is 0.286. The minimum Gasteiger partial charge on any atom is -0.490 e. The van der Waals surface area contributed by atoms with Crippen LogP contribution in [0.15, 0.2) is 47.6 Å². The van der Waals surface area contributed by atoms with Gasteiger partial charge in [0.2, 0.25) is 0 Å². The Morgan fingerprint density at radius 3 is 2.59 bits per heavy atom. The molecule has 29 heavy (non-hydrogen) atoms. The molecule has 0 saturated heterocycles. The number of amides is 2. The van der Waals surface area contributed by atoms with Crippen molar-refractivity contribution in [1.29, 1.82) is 0 Å². The Balaban J connectivity index is 2.11. The predicted octanol–water partition coefficient (Wildman–Crippen LogP) is 2.84. The summed E-state index contributed by atoms with van der Waals surface area (Å²) >= 11 is 0. The SMILES string of the molecule is CCOc1cc(/C=N\NC(=O)c2ccccc2F)ccc1O[C@H](C)C(=O)N(C)C. The lowest BCUT2D eigenvalue weighted by Gasteiger charge is -2.20. The maximum atomic E-state index is 13.6. The second-order valence-corrected chi connectivity index (χ2v) is 6.31. The first-order valence-corrected chi connectivity index (χ1v) is 9.06. The lowest BCUT2D eigenvalue weighted by Crippen LogP contribution is -2.35. The number of likely N-dealkylation sites (N-methyl/N-ethyl adjacent to an activating group) is 1. The van der Waals surface area contributed by atoms with Gasteiger partial charge in [-0.1, -0.05) is 12.1 Å². The van der Waals surface area contributed by atoms with Crippen LogP contribution in [0, 0.1) is 5.82 Å². The van der Waals surface area contributed by atoms with Crippen molar-refractivity contribution in [3.63, 3.8) is 0 Å². The molecule has 2 aromatic carbocycles. The van der Waals surface area contributed by atoms with Gasteiger partial charge in [0.05, 0.1) is 18.4 Å². The Labute approximate surface area is 169 Å². The summed E-state index contributed by atoms with van der Waals surface area (Å²) in [5.74, 6) is -0.589. The van der Waals surface area contributed by atoms with Crippen LogP contribution in [0.3, 0.4) is 0 Å². The molecule has 1 N–H and O–H groups in total. The van der Waals surface area contributed by atoms with Gasteiger partial charge in [0.15, 0.2) is 17.6 Å². The highest BCUT2D eigenvalue weighted by molar-refractivity contribution is 5.95. The van der Waals surface area contributed by atoms with Crippen molar-refractivity contribution in [3.05, 3.63) is 59.4 Å². The standard InChI is InChI=1S/C21H24FN3O4/c1-5-28-19-12-15(10-11-18(19)29-14(2)21(27)25(3)4)13-23-24-20(26)16-8-6-7-9-17(16)22/h6-14H,5H2,1-4H3,(H,24,26)/b23-13-/t14-/m1/s1. The van der Waals surface area contributed by atoms with Crippen molar-refractivity contribution >= 4 is 18.0 Å². The van der Waals surface area contributed by atoms with Gasteiger partial charge in [-0.05, 0) is 49.7 Å². The van der Waals surface area contributed by atoms with Crippen molar-refractivity contribution in [2.45, 2.75) is 20.0 Å². The third-order valence-corrected chi connectivity index (χ3v) is 3.86. The molecule has 0 aliphatic rings. The monoisotopic (exact) mass is 401 g/mol. The summed E-state index contributed by atoms with van der Waals surface area (Å²) in [5, 5.41) is 3.85. The second-order valence-electron chi connectivity index (χ2n) is 6.31. The predicted molar refractivity (Wildman–Crippen MR) is 108 cm³/mol. The fourth-order valence-electron chi connectivity index (χ4n) is 2.45. The molecule has 0 unspecified atom stereocenters. The lowest BCUT2D eigenvalue weighted by molar-refractivity contribution is -0.135. The van der Waals surface area contributed by atoms with E-state index >= 15 is 0 Å². The van der Waals surface area contributed by atoms with Gasteiger partial charge in [0, 0.05) is 14.1 Å². The van der Waals surface area contributed by atoms with Crippen LogP contribution >= 0.6 is 0 Å². The first-order chi connectivity index (χ1) is 13.8. The number of carbonyl (C=O) groups is 2. The Hall–Kier alpha value is -3.42. The minimum absolute atomic E-state index is 0.0945. The van der Waals surface area contributed by atoms with E-state index in [1.807, 2.05) is 6.92 Å². The van der Waals surface area contributed by atoms with Crippen LogP contribution in [-0.4, -0.2) is 49.7 Å². The molecule has 0 bridgehead atoms. The van der Waals surface area contributed by atoms with E-state index in [0.717, 1.165) is 0 Å². The quantitative estimate of drug-likeness (QED) is 0.545. The highest BCUT2D eigenvalue weighted by Crippen LogP contribution is 2.29. The number of nitrogens with zero attached hydrogens (tertiary/aromatic N) is 2. The van der Waals surface area contributed by atoms with Gasteiger partial charge in [0.1, 0.15) is 5.82 Å². The van der Waals surface area contributed by atoms with Crippen LogP contribution in [0.25, 0.3) is 0 Å². The van der Waals surface area contributed by atoms with Crippen LogP contribution in [0.2, 0.25) is 0 Å². The molecular weight excluding hydrogens is 377 g/mol.